The number of phosphoric ester groups is 1. The Balaban J connectivity index is 4.03. The number of aliphatic hydroxyl groups excluding tert-OH is 1. The van der Waals surface area contributed by atoms with Crippen LogP contribution in [-0.2, 0) is 18.4 Å². The number of hydrogen-bond donors (Lipinski definition) is 3. The molecule has 0 spiro atoms. The van der Waals surface area contributed by atoms with Crippen molar-refractivity contribution in [2.45, 2.75) is 347 Å². The molecular formula is C69H134N2O6P+. The van der Waals surface area contributed by atoms with Gasteiger partial charge in [0.1, 0.15) is 13.2 Å². The number of nitrogens with zero attached hydrogens (tertiary/aromatic N) is 1. The van der Waals surface area contributed by atoms with Gasteiger partial charge in [0.2, 0.25) is 5.91 Å². The highest BCUT2D eigenvalue weighted by molar-refractivity contribution is 7.47. The molecule has 9 heteroatoms. The third-order valence-electron chi connectivity index (χ3n) is 15.6. The molecule has 0 saturated carbocycles. The Morgan fingerprint density at radius 2 is 0.769 bits per heavy atom. The largest absolute Gasteiger partial charge is 0.472 e. The van der Waals surface area contributed by atoms with Gasteiger partial charge < -0.3 is 19.8 Å². The Morgan fingerprint density at radius 3 is 1.13 bits per heavy atom. The first-order valence-corrected chi connectivity index (χ1v) is 35.5. The van der Waals surface area contributed by atoms with Gasteiger partial charge in [-0.05, 0) is 51.4 Å². The summed E-state index contributed by atoms with van der Waals surface area (Å²) in [4.78, 5) is 23.4. The van der Waals surface area contributed by atoms with E-state index in [2.05, 4.69) is 67.8 Å². The molecule has 0 aromatic heterocycles. The first kappa shape index (κ1) is 76.5. The van der Waals surface area contributed by atoms with Gasteiger partial charge in [0.05, 0.1) is 39.9 Å². The van der Waals surface area contributed by atoms with Gasteiger partial charge in [-0.25, -0.2) is 4.57 Å². The number of quaternary nitrogens is 1. The molecule has 0 aliphatic heterocycles. The van der Waals surface area contributed by atoms with E-state index in [1.807, 2.05) is 21.1 Å². The second-order valence-corrected chi connectivity index (χ2v) is 26.0. The van der Waals surface area contributed by atoms with E-state index in [1.54, 1.807) is 0 Å². The molecule has 0 aliphatic carbocycles. The molecule has 78 heavy (non-hydrogen) atoms. The van der Waals surface area contributed by atoms with Crippen molar-refractivity contribution < 1.29 is 32.9 Å². The lowest BCUT2D eigenvalue weighted by Gasteiger charge is -2.26. The predicted octanol–water partition coefficient (Wildman–Crippen LogP) is 21.4. The number of phosphoric acid groups is 1. The summed E-state index contributed by atoms with van der Waals surface area (Å²) >= 11 is 0. The van der Waals surface area contributed by atoms with Crippen molar-refractivity contribution in [3.05, 3.63) is 48.6 Å². The maximum atomic E-state index is 13.1. The van der Waals surface area contributed by atoms with Crippen LogP contribution in [0.2, 0.25) is 0 Å². The van der Waals surface area contributed by atoms with E-state index in [0.29, 0.717) is 23.9 Å². The summed E-state index contributed by atoms with van der Waals surface area (Å²) in [5.74, 6) is -0.143. The molecule has 0 rings (SSSR count). The normalized spacial score (nSPS) is 14.0. The quantitative estimate of drug-likeness (QED) is 0.0243. The van der Waals surface area contributed by atoms with Gasteiger partial charge in [0.25, 0.3) is 0 Å². The standard InChI is InChI=1S/C69H133N2O6P/c1-6-8-10-12-14-16-18-20-22-24-26-28-30-32-33-34-35-36-37-39-40-42-44-46-48-50-52-54-56-58-60-62-68(72)67(66-77-78(74,75)76-65-64-71(3,4)5)70-69(73)63-61-59-57-55-53-51-49-47-45-43-41-38-31-29-27-25-23-21-19-17-15-13-11-9-7-2/h9,11,15,17,21,23,27,29,67-68,72H,6-8,10,12-14,16,18-20,22,24-26,28,30-66H2,1-5H3,(H-,70,73,74,75)/p+1/b11-9-,17-15-,23-21-,29-27-. The third-order valence-corrected chi connectivity index (χ3v) is 16.6. The number of unbranched alkanes of at least 4 members (excludes halogenated alkanes) is 42. The smallest absolute Gasteiger partial charge is 0.391 e. The van der Waals surface area contributed by atoms with Crippen LogP contribution in [-0.4, -0.2) is 73.4 Å². The van der Waals surface area contributed by atoms with Crippen molar-refractivity contribution >= 4 is 13.7 Å². The highest BCUT2D eigenvalue weighted by Gasteiger charge is 2.28. The van der Waals surface area contributed by atoms with Crippen LogP contribution in [0.3, 0.4) is 0 Å². The third kappa shape index (κ3) is 62.1. The Hall–Kier alpha value is -1.54. The SMILES string of the molecule is CC/C=C\C/C=C\C/C=C\C/C=C\CCCCCCCCCCCCCCC(=O)NC(COP(=O)(O)OCC[N+](C)(C)C)C(O)CCCCCCCCCCCCCCCCCCCCCCCCCCCCCCCCC. The van der Waals surface area contributed by atoms with Crippen LogP contribution in [0, 0.1) is 0 Å². The molecule has 8 nitrogen and oxygen atoms in total. The summed E-state index contributed by atoms with van der Waals surface area (Å²) in [6.07, 6.45) is 80.6. The van der Waals surface area contributed by atoms with E-state index in [9.17, 15) is 19.4 Å². The zero-order chi connectivity index (χ0) is 57.0. The maximum absolute atomic E-state index is 13.1. The fraction of sp³-hybridized carbons (Fsp3) is 0.870. The number of allylic oxidation sites excluding steroid dienone is 8. The zero-order valence-corrected chi connectivity index (χ0v) is 53.6. The average molecular weight is 1120 g/mol. The molecule has 0 aliphatic rings. The molecule has 0 saturated heterocycles. The van der Waals surface area contributed by atoms with Crippen molar-refractivity contribution in [1.29, 1.82) is 0 Å². The highest BCUT2D eigenvalue weighted by atomic mass is 31.2. The minimum absolute atomic E-state index is 0.0742. The van der Waals surface area contributed by atoms with Crippen LogP contribution in [0.5, 0.6) is 0 Å². The number of aliphatic hydroxyl groups is 1. The molecule has 0 fully saturated rings. The predicted molar refractivity (Wildman–Crippen MR) is 341 cm³/mol. The molecule has 1 amide bonds. The van der Waals surface area contributed by atoms with Crippen LogP contribution in [0.25, 0.3) is 0 Å². The summed E-state index contributed by atoms with van der Waals surface area (Å²) in [5, 5.41) is 14.1. The van der Waals surface area contributed by atoms with Gasteiger partial charge >= 0.3 is 7.82 Å². The fourth-order valence-electron chi connectivity index (χ4n) is 10.3. The van der Waals surface area contributed by atoms with Crippen LogP contribution in [0.15, 0.2) is 48.6 Å². The Bertz CT molecular complexity index is 1410. The minimum atomic E-state index is -4.33. The van der Waals surface area contributed by atoms with Crippen molar-refractivity contribution in [1.82, 2.24) is 5.32 Å². The zero-order valence-electron chi connectivity index (χ0n) is 52.7. The van der Waals surface area contributed by atoms with E-state index in [0.717, 1.165) is 64.2 Å². The lowest BCUT2D eigenvalue weighted by Crippen LogP contribution is -2.46. The molecule has 0 bridgehead atoms. The van der Waals surface area contributed by atoms with Gasteiger partial charge in [-0.15, -0.1) is 0 Å². The van der Waals surface area contributed by atoms with Crippen molar-refractivity contribution in [2.75, 3.05) is 40.9 Å². The van der Waals surface area contributed by atoms with E-state index >= 15 is 0 Å². The van der Waals surface area contributed by atoms with Crippen LogP contribution < -0.4 is 5.32 Å². The first-order valence-electron chi connectivity index (χ1n) is 34.0. The maximum Gasteiger partial charge on any atom is 0.472 e. The van der Waals surface area contributed by atoms with Crippen LogP contribution in [0.4, 0.5) is 0 Å². The number of rotatable bonds is 63. The summed E-state index contributed by atoms with van der Waals surface area (Å²) in [7, 11) is 1.62. The van der Waals surface area contributed by atoms with E-state index < -0.39 is 20.0 Å². The molecular weight excluding hydrogens is 984 g/mol. The monoisotopic (exact) mass is 1120 g/mol. The molecule has 3 unspecified atom stereocenters. The van der Waals surface area contributed by atoms with Crippen molar-refractivity contribution in [2.24, 2.45) is 0 Å². The summed E-state index contributed by atoms with van der Waals surface area (Å²) in [6, 6.07) is -0.765. The number of carbonyl (C=O) groups excluding carboxylic acids is 1. The van der Waals surface area contributed by atoms with Crippen molar-refractivity contribution in [3.63, 3.8) is 0 Å². The first-order chi connectivity index (χ1) is 38.0. The molecule has 460 valence electrons. The van der Waals surface area contributed by atoms with E-state index in [1.165, 1.54) is 244 Å². The van der Waals surface area contributed by atoms with Crippen LogP contribution in [0.1, 0.15) is 335 Å². The Labute approximate surface area is 486 Å². The fourth-order valence-corrected chi connectivity index (χ4v) is 11.1. The Morgan fingerprint density at radius 1 is 0.449 bits per heavy atom. The molecule has 0 aromatic carbocycles. The van der Waals surface area contributed by atoms with E-state index in [4.69, 9.17) is 9.05 Å². The van der Waals surface area contributed by atoms with Gasteiger partial charge in [0, 0.05) is 6.42 Å². The van der Waals surface area contributed by atoms with E-state index in [-0.39, 0.29) is 19.1 Å². The summed E-state index contributed by atoms with van der Waals surface area (Å²) in [6.45, 7) is 4.82. The number of likely N-dealkylation sites (N-methyl/N-ethyl adjacent to an activating group) is 1. The van der Waals surface area contributed by atoms with Gasteiger partial charge in [-0.3, -0.25) is 13.8 Å². The van der Waals surface area contributed by atoms with Crippen LogP contribution >= 0.6 is 7.82 Å². The number of carbonyl (C=O) groups is 1. The topological polar surface area (TPSA) is 105 Å². The molecule has 0 radical (unpaired) electrons. The lowest BCUT2D eigenvalue weighted by atomic mass is 10.0. The molecule has 3 atom stereocenters. The number of nitrogens with one attached hydrogen (secondary N) is 1. The average Bonchev–Trinajstić information content (AvgIpc) is 3.41. The minimum Gasteiger partial charge on any atom is -0.391 e. The highest BCUT2D eigenvalue weighted by Crippen LogP contribution is 2.43. The number of hydrogen-bond acceptors (Lipinski definition) is 5. The second-order valence-electron chi connectivity index (χ2n) is 24.5. The second kappa shape index (κ2) is 60.1. The van der Waals surface area contributed by atoms with Crippen molar-refractivity contribution in [3.8, 4) is 0 Å². The molecule has 3 N–H and O–H groups in total. The van der Waals surface area contributed by atoms with Gasteiger partial charge in [-0.1, -0.05) is 326 Å². The molecule has 0 aromatic rings. The Kier molecular flexibility index (Phi) is 58.9. The number of amides is 1. The van der Waals surface area contributed by atoms with Gasteiger partial charge in [0.15, 0.2) is 0 Å². The summed E-state index contributed by atoms with van der Waals surface area (Å²) in [5.41, 5.74) is 0. The van der Waals surface area contributed by atoms with Gasteiger partial charge in [-0.2, -0.15) is 0 Å². The lowest BCUT2D eigenvalue weighted by molar-refractivity contribution is -0.870. The molecule has 0 heterocycles. The summed E-state index contributed by atoms with van der Waals surface area (Å²) < 4.78 is 23.9.